The first kappa shape index (κ1) is 21.7. The summed E-state index contributed by atoms with van der Waals surface area (Å²) in [7, 11) is 0. The minimum Gasteiger partial charge on any atom is -0.441 e. The van der Waals surface area contributed by atoms with Crippen molar-refractivity contribution >= 4 is 23.2 Å². The first-order valence-corrected chi connectivity index (χ1v) is 10.6. The van der Waals surface area contributed by atoms with Gasteiger partial charge in [-0.3, -0.25) is 14.5 Å². The predicted molar refractivity (Wildman–Crippen MR) is 121 cm³/mol. The number of aromatic nitrogens is 1. The fourth-order valence-corrected chi connectivity index (χ4v) is 3.45. The monoisotopic (exact) mass is 434 g/mol. The topological polar surface area (TPSA) is 96.7 Å². The lowest BCUT2D eigenvalue weighted by Crippen LogP contribution is -2.41. The van der Waals surface area contributed by atoms with Gasteiger partial charge in [0, 0.05) is 30.0 Å². The molecule has 1 aliphatic heterocycles. The lowest BCUT2D eigenvalue weighted by atomic mass is 10.2. The summed E-state index contributed by atoms with van der Waals surface area (Å²) in [6.07, 6.45) is 0.111. The number of aryl methyl sites for hydroxylation is 1. The molecule has 1 fully saturated rings. The Balaban J connectivity index is 1.29. The maximum Gasteiger partial charge on any atom is 0.238 e. The molecule has 166 valence electrons. The lowest BCUT2D eigenvalue weighted by molar-refractivity contribution is -0.118. The van der Waals surface area contributed by atoms with E-state index in [9.17, 15) is 9.59 Å². The standard InChI is InChI=1S/C24H26N4O4/c1-17-21(27-24(32-17)18-5-3-2-4-6-18)15-22(29)25-19-7-9-20(10-8-19)26-23(30)16-28-11-13-31-14-12-28/h2-10H,11-16H2,1H3,(H,25,29)(H,26,30). The van der Waals surface area contributed by atoms with Crippen LogP contribution in [-0.4, -0.2) is 54.5 Å². The van der Waals surface area contributed by atoms with Crippen molar-refractivity contribution in [3.8, 4) is 11.5 Å². The summed E-state index contributed by atoms with van der Waals surface area (Å²) in [6.45, 7) is 4.97. The van der Waals surface area contributed by atoms with E-state index in [-0.39, 0.29) is 18.2 Å². The summed E-state index contributed by atoms with van der Waals surface area (Å²) in [4.78, 5) is 31.2. The molecular weight excluding hydrogens is 408 g/mol. The largest absolute Gasteiger partial charge is 0.441 e. The molecule has 0 bridgehead atoms. The number of nitrogens with one attached hydrogen (secondary N) is 2. The van der Waals surface area contributed by atoms with E-state index in [0.29, 0.717) is 48.5 Å². The van der Waals surface area contributed by atoms with Crippen LogP contribution in [0.25, 0.3) is 11.5 Å². The zero-order chi connectivity index (χ0) is 22.3. The number of hydrogen-bond donors (Lipinski definition) is 2. The average molecular weight is 434 g/mol. The molecule has 1 aliphatic rings. The summed E-state index contributed by atoms with van der Waals surface area (Å²) in [5.74, 6) is 0.866. The SMILES string of the molecule is Cc1oc(-c2ccccc2)nc1CC(=O)Nc1ccc(NC(=O)CN2CCOCC2)cc1. The van der Waals surface area contributed by atoms with E-state index in [1.54, 1.807) is 31.2 Å². The molecule has 2 aromatic carbocycles. The summed E-state index contributed by atoms with van der Waals surface area (Å²) >= 11 is 0. The quantitative estimate of drug-likeness (QED) is 0.593. The third kappa shape index (κ3) is 5.81. The number of benzene rings is 2. The van der Waals surface area contributed by atoms with Gasteiger partial charge < -0.3 is 19.8 Å². The zero-order valence-electron chi connectivity index (χ0n) is 18.0. The predicted octanol–water partition coefficient (Wildman–Crippen LogP) is 3.10. The number of hydrogen-bond acceptors (Lipinski definition) is 6. The Morgan fingerprint density at radius 2 is 1.56 bits per heavy atom. The molecule has 2 heterocycles. The van der Waals surface area contributed by atoms with Crippen LogP contribution in [0, 0.1) is 6.92 Å². The normalized spacial score (nSPS) is 14.2. The van der Waals surface area contributed by atoms with Crippen molar-refractivity contribution in [1.29, 1.82) is 0 Å². The van der Waals surface area contributed by atoms with Gasteiger partial charge in [0.05, 0.1) is 31.9 Å². The van der Waals surface area contributed by atoms with Crippen LogP contribution < -0.4 is 10.6 Å². The second-order valence-electron chi connectivity index (χ2n) is 7.63. The molecule has 0 radical (unpaired) electrons. The van der Waals surface area contributed by atoms with Crippen molar-refractivity contribution in [1.82, 2.24) is 9.88 Å². The number of oxazole rings is 1. The Morgan fingerprint density at radius 1 is 0.938 bits per heavy atom. The number of ether oxygens (including phenoxy) is 1. The fraction of sp³-hybridized carbons (Fsp3) is 0.292. The molecule has 2 N–H and O–H groups in total. The first-order valence-electron chi connectivity index (χ1n) is 10.6. The summed E-state index contributed by atoms with van der Waals surface area (Å²) in [6, 6.07) is 16.6. The molecule has 8 nitrogen and oxygen atoms in total. The van der Waals surface area contributed by atoms with Gasteiger partial charge in [-0.05, 0) is 43.3 Å². The molecule has 8 heteroatoms. The number of nitrogens with zero attached hydrogens (tertiary/aromatic N) is 2. The van der Waals surface area contributed by atoms with E-state index in [1.807, 2.05) is 30.3 Å². The van der Waals surface area contributed by atoms with Gasteiger partial charge >= 0.3 is 0 Å². The molecule has 0 atom stereocenters. The third-order valence-electron chi connectivity index (χ3n) is 5.16. The molecule has 0 saturated carbocycles. The van der Waals surface area contributed by atoms with Crippen molar-refractivity contribution in [3.05, 3.63) is 66.1 Å². The smallest absolute Gasteiger partial charge is 0.238 e. The maximum atomic E-state index is 12.5. The number of anilines is 2. The van der Waals surface area contributed by atoms with Crippen LogP contribution in [0.5, 0.6) is 0 Å². The molecule has 0 aliphatic carbocycles. The van der Waals surface area contributed by atoms with Crippen molar-refractivity contribution < 1.29 is 18.7 Å². The Kier molecular flexibility index (Phi) is 6.94. The molecule has 3 aromatic rings. The Hall–Kier alpha value is -3.49. The summed E-state index contributed by atoms with van der Waals surface area (Å²) in [5.41, 5.74) is 2.80. The third-order valence-corrected chi connectivity index (χ3v) is 5.16. The highest BCUT2D eigenvalue weighted by atomic mass is 16.5. The second kappa shape index (κ2) is 10.2. The van der Waals surface area contributed by atoms with E-state index in [0.717, 1.165) is 18.7 Å². The van der Waals surface area contributed by atoms with E-state index in [1.165, 1.54) is 0 Å². The number of morpholine rings is 1. The molecule has 1 aromatic heterocycles. The Bertz CT molecular complexity index is 1060. The van der Waals surface area contributed by atoms with Crippen molar-refractivity contribution in [2.45, 2.75) is 13.3 Å². The van der Waals surface area contributed by atoms with E-state index >= 15 is 0 Å². The van der Waals surface area contributed by atoms with Gasteiger partial charge in [-0.2, -0.15) is 0 Å². The van der Waals surface area contributed by atoms with Gasteiger partial charge in [0.15, 0.2) is 0 Å². The molecule has 0 unspecified atom stereocenters. The van der Waals surface area contributed by atoms with Gasteiger partial charge in [0.1, 0.15) is 5.76 Å². The number of rotatable bonds is 7. The lowest BCUT2D eigenvalue weighted by Gasteiger charge is -2.25. The van der Waals surface area contributed by atoms with Gasteiger partial charge in [0.2, 0.25) is 17.7 Å². The van der Waals surface area contributed by atoms with E-state index in [2.05, 4.69) is 20.5 Å². The van der Waals surface area contributed by atoms with E-state index < -0.39 is 0 Å². The number of carbonyl (C=O) groups is 2. The molecule has 32 heavy (non-hydrogen) atoms. The van der Waals surface area contributed by atoms with Crippen molar-refractivity contribution in [2.24, 2.45) is 0 Å². The highest BCUT2D eigenvalue weighted by Gasteiger charge is 2.16. The van der Waals surface area contributed by atoms with Crippen LogP contribution in [0.4, 0.5) is 11.4 Å². The maximum absolute atomic E-state index is 12.5. The van der Waals surface area contributed by atoms with E-state index in [4.69, 9.17) is 9.15 Å². The average Bonchev–Trinajstić information content (AvgIpc) is 3.16. The van der Waals surface area contributed by atoms with Gasteiger partial charge in [-0.1, -0.05) is 18.2 Å². The van der Waals surface area contributed by atoms with Crippen molar-refractivity contribution in [2.75, 3.05) is 43.5 Å². The summed E-state index contributed by atoms with van der Waals surface area (Å²) < 4.78 is 11.0. The molecule has 2 amide bonds. The Morgan fingerprint density at radius 3 is 2.22 bits per heavy atom. The Labute approximate surface area is 186 Å². The summed E-state index contributed by atoms with van der Waals surface area (Å²) in [5, 5.41) is 5.74. The molecule has 0 spiro atoms. The minimum absolute atomic E-state index is 0.0700. The van der Waals surface area contributed by atoms with Crippen LogP contribution in [0.1, 0.15) is 11.5 Å². The van der Waals surface area contributed by atoms with Crippen LogP contribution in [-0.2, 0) is 20.7 Å². The zero-order valence-corrected chi connectivity index (χ0v) is 18.0. The fourth-order valence-electron chi connectivity index (χ4n) is 3.45. The van der Waals surface area contributed by atoms with Crippen molar-refractivity contribution in [3.63, 3.8) is 0 Å². The van der Waals surface area contributed by atoms with Crippen LogP contribution in [0.2, 0.25) is 0 Å². The number of amides is 2. The molecule has 4 rings (SSSR count). The van der Waals surface area contributed by atoms with Crippen LogP contribution in [0.3, 0.4) is 0 Å². The van der Waals surface area contributed by atoms with Crippen LogP contribution >= 0.6 is 0 Å². The van der Waals surface area contributed by atoms with Gasteiger partial charge in [0.25, 0.3) is 0 Å². The van der Waals surface area contributed by atoms with Gasteiger partial charge in [-0.15, -0.1) is 0 Å². The second-order valence-corrected chi connectivity index (χ2v) is 7.63. The van der Waals surface area contributed by atoms with Crippen LogP contribution in [0.15, 0.2) is 59.0 Å². The minimum atomic E-state index is -0.190. The first-order chi connectivity index (χ1) is 15.6. The highest BCUT2D eigenvalue weighted by Crippen LogP contribution is 2.22. The molecule has 1 saturated heterocycles. The van der Waals surface area contributed by atoms with Gasteiger partial charge in [-0.25, -0.2) is 4.98 Å². The highest BCUT2D eigenvalue weighted by molar-refractivity contribution is 5.94. The molecular formula is C24H26N4O4. The number of carbonyl (C=O) groups excluding carboxylic acids is 2.